The van der Waals surface area contributed by atoms with Gasteiger partial charge in [0, 0.05) is 23.9 Å². The second-order valence-corrected chi connectivity index (χ2v) is 8.83. The van der Waals surface area contributed by atoms with Crippen LogP contribution in [0.5, 0.6) is 0 Å². The van der Waals surface area contributed by atoms with Crippen molar-refractivity contribution in [2.75, 3.05) is 32.4 Å². The second kappa shape index (κ2) is 6.36. The van der Waals surface area contributed by atoms with Crippen LogP contribution in [-0.2, 0) is 0 Å². The van der Waals surface area contributed by atoms with E-state index in [-0.39, 0.29) is 0 Å². The number of thioether (sulfide) groups is 1. The summed E-state index contributed by atoms with van der Waals surface area (Å²) in [6, 6.07) is 0.635. The van der Waals surface area contributed by atoms with E-state index in [1.807, 2.05) is 0 Å². The quantitative estimate of drug-likeness (QED) is 0.855. The largest absolute Gasteiger partial charge is 0.312 e. The Bertz CT molecular complexity index is 279. The summed E-state index contributed by atoms with van der Waals surface area (Å²) in [5, 5.41) is 3.76. The summed E-state index contributed by atoms with van der Waals surface area (Å²) < 4.78 is 0.562. The fourth-order valence-corrected chi connectivity index (χ4v) is 4.58. The molecule has 1 aliphatic heterocycles. The summed E-state index contributed by atoms with van der Waals surface area (Å²) in [6.07, 6.45) is 9.36. The van der Waals surface area contributed by atoms with E-state index in [1.54, 1.807) is 0 Å². The van der Waals surface area contributed by atoms with Gasteiger partial charge in [0.05, 0.1) is 0 Å². The molecule has 0 spiro atoms. The van der Waals surface area contributed by atoms with Crippen molar-refractivity contribution in [3.63, 3.8) is 0 Å². The van der Waals surface area contributed by atoms with Crippen molar-refractivity contribution in [2.45, 2.75) is 63.7 Å². The van der Waals surface area contributed by atoms with Crippen LogP contribution in [0.1, 0.15) is 52.9 Å². The molecule has 1 heterocycles. The molecule has 0 radical (unpaired) electrons. The number of hydrogen-bond acceptors (Lipinski definition) is 3. The summed E-state index contributed by atoms with van der Waals surface area (Å²) in [5.41, 5.74) is 0.366. The zero-order chi connectivity index (χ0) is 13.9. The monoisotopic (exact) mass is 284 g/mol. The zero-order valence-electron chi connectivity index (χ0n) is 13.3. The third kappa shape index (κ3) is 4.12. The molecule has 0 aromatic carbocycles. The zero-order valence-corrected chi connectivity index (χ0v) is 14.1. The van der Waals surface area contributed by atoms with Crippen LogP contribution in [0.3, 0.4) is 0 Å². The van der Waals surface area contributed by atoms with E-state index in [1.165, 1.54) is 58.3 Å². The minimum absolute atomic E-state index is 0.366. The van der Waals surface area contributed by atoms with Crippen molar-refractivity contribution < 1.29 is 0 Å². The van der Waals surface area contributed by atoms with Gasteiger partial charge in [0.15, 0.2) is 0 Å². The average Bonchev–Trinajstić information content (AvgIpc) is 2.67. The molecule has 0 aromatic heterocycles. The number of nitrogens with zero attached hydrogens (tertiary/aromatic N) is 1. The Labute approximate surface area is 124 Å². The molecular weight excluding hydrogens is 252 g/mol. The predicted octanol–water partition coefficient (Wildman–Crippen LogP) is 3.37. The highest BCUT2D eigenvalue weighted by Gasteiger charge is 2.36. The first-order valence-electron chi connectivity index (χ1n) is 7.96. The molecule has 0 aromatic rings. The highest BCUT2D eigenvalue weighted by molar-refractivity contribution is 8.00. The summed E-state index contributed by atoms with van der Waals surface area (Å²) in [6.45, 7) is 12.1. The Morgan fingerprint density at radius 1 is 1.21 bits per heavy atom. The Morgan fingerprint density at radius 2 is 1.89 bits per heavy atom. The predicted molar refractivity (Wildman–Crippen MR) is 87.0 cm³/mol. The van der Waals surface area contributed by atoms with Crippen molar-refractivity contribution in [3.05, 3.63) is 0 Å². The fourth-order valence-electron chi connectivity index (χ4n) is 3.57. The van der Waals surface area contributed by atoms with Crippen LogP contribution < -0.4 is 5.32 Å². The maximum absolute atomic E-state index is 3.76. The Morgan fingerprint density at radius 3 is 2.47 bits per heavy atom. The van der Waals surface area contributed by atoms with Crippen molar-refractivity contribution in [2.24, 2.45) is 5.41 Å². The number of rotatable bonds is 3. The molecule has 112 valence electrons. The Balaban J connectivity index is 1.98. The standard InChI is InChI=1S/C16H32N2S/c1-15(2,3)14-12-18(11-7-10-17-14)13-16(19-4)8-5-6-9-16/h14,17H,5-13H2,1-4H3. The van der Waals surface area contributed by atoms with Crippen LogP contribution in [0.4, 0.5) is 0 Å². The fraction of sp³-hybridized carbons (Fsp3) is 1.00. The molecular formula is C16H32N2S. The van der Waals surface area contributed by atoms with Crippen molar-refractivity contribution >= 4 is 11.8 Å². The van der Waals surface area contributed by atoms with E-state index in [2.05, 4.69) is 49.0 Å². The van der Waals surface area contributed by atoms with Gasteiger partial charge in [0.1, 0.15) is 0 Å². The molecule has 2 aliphatic rings. The van der Waals surface area contributed by atoms with Gasteiger partial charge in [0.2, 0.25) is 0 Å². The van der Waals surface area contributed by atoms with Gasteiger partial charge in [-0.05, 0) is 44.0 Å². The Kier molecular flexibility index (Phi) is 5.24. The van der Waals surface area contributed by atoms with E-state index in [0.717, 1.165) is 0 Å². The van der Waals surface area contributed by atoms with E-state index in [0.29, 0.717) is 16.2 Å². The van der Waals surface area contributed by atoms with Crippen LogP contribution in [-0.4, -0.2) is 48.1 Å². The van der Waals surface area contributed by atoms with Gasteiger partial charge in [-0.25, -0.2) is 0 Å². The summed E-state index contributed by atoms with van der Waals surface area (Å²) in [7, 11) is 0. The molecule has 2 fully saturated rings. The van der Waals surface area contributed by atoms with Crippen molar-refractivity contribution in [1.82, 2.24) is 10.2 Å². The SMILES string of the molecule is CSC1(CN2CCCNC(C(C)(C)C)C2)CCCC1. The van der Waals surface area contributed by atoms with Gasteiger partial charge in [-0.3, -0.25) is 0 Å². The minimum Gasteiger partial charge on any atom is -0.312 e. The van der Waals surface area contributed by atoms with Gasteiger partial charge >= 0.3 is 0 Å². The van der Waals surface area contributed by atoms with Crippen LogP contribution in [0.25, 0.3) is 0 Å². The average molecular weight is 285 g/mol. The lowest BCUT2D eigenvalue weighted by atomic mass is 9.86. The van der Waals surface area contributed by atoms with Crippen molar-refractivity contribution in [3.8, 4) is 0 Å². The molecule has 1 atom stereocenters. The molecule has 1 saturated heterocycles. The molecule has 2 rings (SSSR count). The Hall–Kier alpha value is 0.270. The maximum atomic E-state index is 3.76. The van der Waals surface area contributed by atoms with E-state index >= 15 is 0 Å². The van der Waals surface area contributed by atoms with E-state index in [9.17, 15) is 0 Å². The van der Waals surface area contributed by atoms with Crippen LogP contribution in [0.15, 0.2) is 0 Å². The van der Waals surface area contributed by atoms with Gasteiger partial charge in [-0.15, -0.1) is 0 Å². The summed E-state index contributed by atoms with van der Waals surface area (Å²) in [4.78, 5) is 2.75. The smallest absolute Gasteiger partial charge is 0.0284 e. The molecule has 3 heteroatoms. The second-order valence-electron chi connectivity index (χ2n) is 7.56. The maximum Gasteiger partial charge on any atom is 0.0284 e. The minimum atomic E-state index is 0.366. The van der Waals surface area contributed by atoms with Gasteiger partial charge in [-0.2, -0.15) is 11.8 Å². The third-order valence-electron chi connectivity index (χ3n) is 4.99. The molecule has 1 N–H and O–H groups in total. The molecule has 1 saturated carbocycles. The van der Waals surface area contributed by atoms with Crippen LogP contribution in [0.2, 0.25) is 0 Å². The topological polar surface area (TPSA) is 15.3 Å². The van der Waals surface area contributed by atoms with Crippen molar-refractivity contribution in [1.29, 1.82) is 0 Å². The molecule has 1 unspecified atom stereocenters. The van der Waals surface area contributed by atoms with Gasteiger partial charge in [0.25, 0.3) is 0 Å². The third-order valence-corrected chi connectivity index (χ3v) is 6.39. The molecule has 2 nitrogen and oxygen atoms in total. The molecule has 1 aliphatic carbocycles. The normalized spacial score (nSPS) is 29.4. The molecule has 0 bridgehead atoms. The van der Waals surface area contributed by atoms with Crippen LogP contribution >= 0.6 is 11.8 Å². The van der Waals surface area contributed by atoms with E-state index in [4.69, 9.17) is 0 Å². The first-order chi connectivity index (χ1) is 8.95. The van der Waals surface area contributed by atoms with Crippen LogP contribution in [0, 0.1) is 5.41 Å². The molecule has 19 heavy (non-hydrogen) atoms. The first-order valence-corrected chi connectivity index (χ1v) is 9.19. The first kappa shape index (κ1) is 15.7. The van der Waals surface area contributed by atoms with Gasteiger partial charge < -0.3 is 10.2 Å². The van der Waals surface area contributed by atoms with Gasteiger partial charge in [-0.1, -0.05) is 33.6 Å². The highest BCUT2D eigenvalue weighted by Crippen LogP contribution is 2.41. The summed E-state index contributed by atoms with van der Waals surface area (Å²) >= 11 is 2.13. The number of hydrogen-bond donors (Lipinski definition) is 1. The lowest BCUT2D eigenvalue weighted by Crippen LogP contribution is -2.48. The summed E-state index contributed by atoms with van der Waals surface area (Å²) in [5.74, 6) is 0. The lowest BCUT2D eigenvalue weighted by molar-refractivity contribution is 0.185. The lowest BCUT2D eigenvalue weighted by Gasteiger charge is -2.38. The van der Waals surface area contributed by atoms with E-state index < -0.39 is 0 Å². The number of nitrogens with one attached hydrogen (secondary N) is 1. The highest BCUT2D eigenvalue weighted by atomic mass is 32.2. The molecule has 0 amide bonds.